The van der Waals surface area contributed by atoms with E-state index in [-0.39, 0.29) is 0 Å². The molecule has 1 aromatic heterocycles. The summed E-state index contributed by atoms with van der Waals surface area (Å²) >= 11 is 11.9. The molecule has 0 atom stereocenters. The van der Waals surface area contributed by atoms with Gasteiger partial charge in [0.1, 0.15) is 5.82 Å². The SMILES string of the molecule is Clc1cccc(N2CCN(c3ccnc(Cl)n3)CC2)c1. The van der Waals surface area contributed by atoms with Crippen LogP contribution in [0.25, 0.3) is 0 Å². The molecular weight excluding hydrogens is 295 g/mol. The second kappa shape index (κ2) is 5.85. The van der Waals surface area contributed by atoms with Crippen molar-refractivity contribution in [2.45, 2.75) is 0 Å². The Bertz CT molecular complexity index is 544. The first-order chi connectivity index (χ1) is 9.72. The quantitative estimate of drug-likeness (QED) is 0.798. The second-order valence-electron chi connectivity index (χ2n) is 4.64. The molecule has 2 aromatic rings. The van der Waals surface area contributed by atoms with Crippen molar-refractivity contribution in [2.75, 3.05) is 36.0 Å². The molecule has 1 aliphatic rings. The summed E-state index contributed by atoms with van der Waals surface area (Å²) in [4.78, 5) is 12.7. The van der Waals surface area contributed by atoms with Crippen molar-refractivity contribution in [1.29, 1.82) is 0 Å². The van der Waals surface area contributed by atoms with Crippen LogP contribution < -0.4 is 9.80 Å². The fraction of sp³-hybridized carbons (Fsp3) is 0.286. The standard InChI is InChI=1S/C14H14Cl2N4/c15-11-2-1-3-12(10-11)19-6-8-20(9-7-19)13-4-5-17-14(16)18-13/h1-5,10H,6-9H2. The smallest absolute Gasteiger partial charge is 0.224 e. The summed E-state index contributed by atoms with van der Waals surface area (Å²) in [5.74, 6) is 0.885. The first kappa shape index (κ1) is 13.5. The average molecular weight is 309 g/mol. The van der Waals surface area contributed by atoms with Crippen LogP contribution in [-0.4, -0.2) is 36.1 Å². The lowest BCUT2D eigenvalue weighted by molar-refractivity contribution is 0.647. The Morgan fingerprint density at radius 2 is 1.70 bits per heavy atom. The predicted molar refractivity (Wildman–Crippen MR) is 82.9 cm³/mol. The lowest BCUT2D eigenvalue weighted by Crippen LogP contribution is -2.46. The number of piperazine rings is 1. The molecule has 0 N–H and O–H groups in total. The Morgan fingerprint density at radius 3 is 2.40 bits per heavy atom. The number of hydrogen-bond acceptors (Lipinski definition) is 4. The van der Waals surface area contributed by atoms with Gasteiger partial charge in [-0.1, -0.05) is 17.7 Å². The second-order valence-corrected chi connectivity index (χ2v) is 5.41. The van der Waals surface area contributed by atoms with Crippen molar-refractivity contribution in [3.8, 4) is 0 Å². The predicted octanol–water partition coefficient (Wildman–Crippen LogP) is 3.11. The zero-order valence-corrected chi connectivity index (χ0v) is 12.3. The topological polar surface area (TPSA) is 32.3 Å². The zero-order valence-electron chi connectivity index (χ0n) is 10.8. The van der Waals surface area contributed by atoms with Gasteiger partial charge in [0.25, 0.3) is 0 Å². The lowest BCUT2D eigenvalue weighted by atomic mass is 10.2. The highest BCUT2D eigenvalue weighted by Crippen LogP contribution is 2.22. The molecule has 4 nitrogen and oxygen atoms in total. The highest BCUT2D eigenvalue weighted by atomic mass is 35.5. The number of rotatable bonds is 2. The summed E-state index contributed by atoms with van der Waals surface area (Å²) in [6, 6.07) is 9.85. The normalized spacial score (nSPS) is 15.5. The van der Waals surface area contributed by atoms with Crippen molar-refractivity contribution in [2.24, 2.45) is 0 Å². The molecule has 1 saturated heterocycles. The number of halogens is 2. The van der Waals surface area contributed by atoms with Gasteiger partial charge in [-0.05, 0) is 35.9 Å². The van der Waals surface area contributed by atoms with Gasteiger partial charge in [-0.3, -0.25) is 0 Å². The number of nitrogens with zero attached hydrogens (tertiary/aromatic N) is 4. The third kappa shape index (κ3) is 2.97. The van der Waals surface area contributed by atoms with E-state index < -0.39 is 0 Å². The molecule has 0 saturated carbocycles. The first-order valence-electron chi connectivity index (χ1n) is 6.46. The van der Waals surface area contributed by atoms with E-state index in [1.54, 1.807) is 6.20 Å². The summed E-state index contributed by atoms with van der Waals surface area (Å²) in [5, 5.41) is 1.06. The average Bonchev–Trinajstić information content (AvgIpc) is 2.47. The van der Waals surface area contributed by atoms with Crippen LogP contribution in [-0.2, 0) is 0 Å². The van der Waals surface area contributed by atoms with Crippen molar-refractivity contribution in [3.63, 3.8) is 0 Å². The van der Waals surface area contributed by atoms with E-state index in [2.05, 4.69) is 25.8 Å². The molecule has 1 aliphatic heterocycles. The van der Waals surface area contributed by atoms with Crippen LogP contribution in [0, 0.1) is 0 Å². The van der Waals surface area contributed by atoms with Crippen LogP contribution in [0.5, 0.6) is 0 Å². The summed E-state index contributed by atoms with van der Waals surface area (Å²) in [6.45, 7) is 3.67. The van der Waals surface area contributed by atoms with E-state index in [9.17, 15) is 0 Å². The van der Waals surface area contributed by atoms with Crippen molar-refractivity contribution in [3.05, 3.63) is 46.8 Å². The van der Waals surface area contributed by atoms with Crippen molar-refractivity contribution in [1.82, 2.24) is 9.97 Å². The molecule has 0 aliphatic carbocycles. The number of benzene rings is 1. The maximum Gasteiger partial charge on any atom is 0.224 e. The van der Waals surface area contributed by atoms with Gasteiger partial charge in [0.2, 0.25) is 5.28 Å². The summed E-state index contributed by atoms with van der Waals surface area (Å²) in [5.41, 5.74) is 1.16. The van der Waals surface area contributed by atoms with Gasteiger partial charge < -0.3 is 9.80 Å². The molecule has 0 amide bonds. The van der Waals surface area contributed by atoms with Gasteiger partial charge in [-0.25, -0.2) is 9.97 Å². The highest BCUT2D eigenvalue weighted by Gasteiger charge is 2.18. The van der Waals surface area contributed by atoms with Gasteiger partial charge in [0, 0.05) is 43.1 Å². The molecule has 1 fully saturated rings. The number of hydrogen-bond donors (Lipinski definition) is 0. The monoisotopic (exact) mass is 308 g/mol. The summed E-state index contributed by atoms with van der Waals surface area (Å²) in [7, 11) is 0. The van der Waals surface area contributed by atoms with Gasteiger partial charge >= 0.3 is 0 Å². The Hall–Kier alpha value is -1.52. The van der Waals surface area contributed by atoms with Crippen LogP contribution in [0.4, 0.5) is 11.5 Å². The van der Waals surface area contributed by atoms with Crippen molar-refractivity contribution >= 4 is 34.7 Å². The van der Waals surface area contributed by atoms with Crippen LogP contribution in [0.2, 0.25) is 10.3 Å². The number of anilines is 2. The van der Waals surface area contributed by atoms with Crippen LogP contribution in [0.3, 0.4) is 0 Å². The Balaban J connectivity index is 1.68. The molecule has 1 aromatic carbocycles. The molecule has 0 spiro atoms. The molecule has 3 rings (SSSR count). The van der Waals surface area contributed by atoms with Gasteiger partial charge in [0.15, 0.2) is 0 Å². The molecule has 104 valence electrons. The zero-order chi connectivity index (χ0) is 13.9. The van der Waals surface area contributed by atoms with Gasteiger partial charge in [-0.15, -0.1) is 0 Å². The first-order valence-corrected chi connectivity index (χ1v) is 7.22. The molecule has 2 heterocycles. The Kier molecular flexibility index (Phi) is 3.94. The Morgan fingerprint density at radius 1 is 0.950 bits per heavy atom. The minimum absolute atomic E-state index is 0.291. The van der Waals surface area contributed by atoms with Crippen LogP contribution in [0.1, 0.15) is 0 Å². The van der Waals surface area contributed by atoms with E-state index in [1.165, 1.54) is 0 Å². The van der Waals surface area contributed by atoms with E-state index in [0.717, 1.165) is 42.7 Å². The molecule has 6 heteroatoms. The fourth-order valence-electron chi connectivity index (χ4n) is 2.37. The van der Waals surface area contributed by atoms with E-state index in [0.29, 0.717) is 5.28 Å². The summed E-state index contributed by atoms with van der Waals surface area (Å²) in [6.07, 6.45) is 1.69. The molecule has 0 bridgehead atoms. The van der Waals surface area contributed by atoms with Gasteiger partial charge in [-0.2, -0.15) is 0 Å². The third-order valence-electron chi connectivity index (χ3n) is 3.39. The van der Waals surface area contributed by atoms with Crippen LogP contribution >= 0.6 is 23.2 Å². The highest BCUT2D eigenvalue weighted by molar-refractivity contribution is 6.30. The van der Waals surface area contributed by atoms with E-state index in [1.807, 2.05) is 24.3 Å². The lowest BCUT2D eigenvalue weighted by Gasteiger charge is -2.36. The van der Waals surface area contributed by atoms with E-state index >= 15 is 0 Å². The minimum atomic E-state index is 0.291. The summed E-state index contributed by atoms with van der Waals surface area (Å²) < 4.78 is 0. The largest absolute Gasteiger partial charge is 0.368 e. The maximum absolute atomic E-state index is 6.04. The molecule has 0 unspecified atom stereocenters. The van der Waals surface area contributed by atoms with Crippen LogP contribution in [0.15, 0.2) is 36.5 Å². The fourth-order valence-corrected chi connectivity index (χ4v) is 2.70. The molecule has 20 heavy (non-hydrogen) atoms. The third-order valence-corrected chi connectivity index (χ3v) is 3.81. The Labute approximate surface area is 128 Å². The molecular formula is C14H14Cl2N4. The van der Waals surface area contributed by atoms with Gasteiger partial charge in [0.05, 0.1) is 0 Å². The minimum Gasteiger partial charge on any atom is -0.368 e. The van der Waals surface area contributed by atoms with E-state index in [4.69, 9.17) is 23.2 Å². The van der Waals surface area contributed by atoms with Crippen molar-refractivity contribution < 1.29 is 0 Å². The number of aromatic nitrogens is 2. The molecule has 0 radical (unpaired) electrons. The maximum atomic E-state index is 6.04.